The van der Waals surface area contributed by atoms with Crippen molar-refractivity contribution in [3.63, 3.8) is 0 Å². The largest absolute Gasteiger partial charge is 0.481 e. The molecule has 0 aliphatic carbocycles. The molecular formula is C11H21NO4. The molecule has 3 N–H and O–H groups in total. The summed E-state index contributed by atoms with van der Waals surface area (Å²) in [5.74, 6) is -1.24. The predicted octanol–water partition coefficient (Wildman–Crippen LogP) is 0.620. The lowest BCUT2D eigenvalue weighted by molar-refractivity contribution is -0.149. The standard InChI is InChI=1S/C11H21NO4/c1-7(2)8(6-13)12-9(14)5-11(3,4)10(15)16/h7-8,13H,5-6H2,1-4H3,(H,12,14)(H,15,16)/t8-/m1/s1. The summed E-state index contributed by atoms with van der Waals surface area (Å²) >= 11 is 0. The zero-order valence-corrected chi connectivity index (χ0v) is 10.3. The Hall–Kier alpha value is -1.10. The van der Waals surface area contributed by atoms with Gasteiger partial charge in [0.1, 0.15) is 0 Å². The van der Waals surface area contributed by atoms with E-state index in [0.29, 0.717) is 0 Å². The number of aliphatic hydroxyl groups is 1. The van der Waals surface area contributed by atoms with E-state index in [4.69, 9.17) is 10.2 Å². The van der Waals surface area contributed by atoms with Gasteiger partial charge >= 0.3 is 5.97 Å². The van der Waals surface area contributed by atoms with Gasteiger partial charge in [0.15, 0.2) is 0 Å². The van der Waals surface area contributed by atoms with Crippen molar-refractivity contribution < 1.29 is 19.8 Å². The highest BCUT2D eigenvalue weighted by Crippen LogP contribution is 2.20. The first-order valence-electron chi connectivity index (χ1n) is 5.34. The highest BCUT2D eigenvalue weighted by molar-refractivity contribution is 5.84. The van der Waals surface area contributed by atoms with Gasteiger partial charge in [0, 0.05) is 6.42 Å². The Balaban J connectivity index is 4.33. The van der Waals surface area contributed by atoms with Gasteiger partial charge in [-0.05, 0) is 19.8 Å². The Morgan fingerprint density at radius 2 is 1.81 bits per heavy atom. The number of rotatable bonds is 6. The third-order valence-corrected chi connectivity index (χ3v) is 2.53. The minimum Gasteiger partial charge on any atom is -0.481 e. The summed E-state index contributed by atoms with van der Waals surface area (Å²) in [5, 5.41) is 20.5. The van der Waals surface area contributed by atoms with Gasteiger partial charge in [-0.3, -0.25) is 9.59 Å². The number of carboxylic acids is 1. The van der Waals surface area contributed by atoms with Crippen LogP contribution in [0.3, 0.4) is 0 Å². The summed E-state index contributed by atoms with van der Waals surface area (Å²) in [6, 6.07) is -0.322. The molecule has 0 unspecified atom stereocenters. The first kappa shape index (κ1) is 14.9. The van der Waals surface area contributed by atoms with E-state index in [2.05, 4.69) is 5.32 Å². The van der Waals surface area contributed by atoms with Crippen LogP contribution >= 0.6 is 0 Å². The lowest BCUT2D eigenvalue weighted by Crippen LogP contribution is -2.43. The quantitative estimate of drug-likeness (QED) is 0.625. The summed E-state index contributed by atoms with van der Waals surface area (Å²) < 4.78 is 0. The number of carboxylic acid groups (broad SMARTS) is 1. The second-order valence-corrected chi connectivity index (χ2v) is 4.97. The van der Waals surface area contributed by atoms with Crippen LogP contribution in [0, 0.1) is 11.3 Å². The molecule has 94 valence electrons. The number of carbonyl (C=O) groups is 2. The molecule has 5 heteroatoms. The van der Waals surface area contributed by atoms with Crippen molar-refractivity contribution in [1.29, 1.82) is 0 Å². The minimum atomic E-state index is -1.08. The Bertz CT molecular complexity index is 261. The lowest BCUT2D eigenvalue weighted by Gasteiger charge is -2.23. The summed E-state index contributed by atoms with van der Waals surface area (Å²) in [6.45, 7) is 6.61. The van der Waals surface area contributed by atoms with Gasteiger partial charge in [-0.1, -0.05) is 13.8 Å². The molecule has 0 aliphatic heterocycles. The van der Waals surface area contributed by atoms with Gasteiger partial charge in [0.25, 0.3) is 0 Å². The molecule has 0 aliphatic rings. The average Bonchev–Trinajstić information content (AvgIpc) is 2.12. The normalized spacial score (nSPS) is 13.6. The highest BCUT2D eigenvalue weighted by atomic mass is 16.4. The summed E-state index contributed by atoms with van der Waals surface area (Å²) in [6.07, 6.45) is -0.0917. The molecule has 0 spiro atoms. The Morgan fingerprint density at radius 3 is 2.12 bits per heavy atom. The van der Waals surface area contributed by atoms with E-state index in [9.17, 15) is 9.59 Å². The van der Waals surface area contributed by atoms with Crippen LogP contribution in [-0.2, 0) is 9.59 Å². The minimum absolute atomic E-state index is 0.0917. The lowest BCUT2D eigenvalue weighted by atomic mass is 9.89. The number of aliphatic carboxylic acids is 1. The van der Waals surface area contributed by atoms with Crippen LogP contribution in [0.2, 0.25) is 0 Å². The van der Waals surface area contributed by atoms with Gasteiger partial charge in [-0.15, -0.1) is 0 Å². The van der Waals surface area contributed by atoms with Crippen molar-refractivity contribution in [2.45, 2.75) is 40.2 Å². The van der Waals surface area contributed by atoms with Crippen LogP contribution in [0.5, 0.6) is 0 Å². The SMILES string of the molecule is CC(C)[C@@H](CO)NC(=O)CC(C)(C)C(=O)O. The molecule has 0 aromatic heterocycles. The summed E-state index contributed by atoms with van der Waals surface area (Å²) in [7, 11) is 0. The number of aliphatic hydroxyl groups excluding tert-OH is 1. The smallest absolute Gasteiger partial charge is 0.309 e. The summed E-state index contributed by atoms with van der Waals surface area (Å²) in [5.41, 5.74) is -1.08. The van der Waals surface area contributed by atoms with E-state index in [-0.39, 0.29) is 30.9 Å². The molecule has 0 rings (SSSR count). The van der Waals surface area contributed by atoms with Crippen LogP contribution in [0.25, 0.3) is 0 Å². The summed E-state index contributed by atoms with van der Waals surface area (Å²) in [4.78, 5) is 22.4. The van der Waals surface area contributed by atoms with E-state index in [0.717, 1.165) is 0 Å². The molecule has 0 saturated heterocycles. The third-order valence-electron chi connectivity index (χ3n) is 2.53. The highest BCUT2D eigenvalue weighted by Gasteiger charge is 2.31. The molecule has 0 heterocycles. The van der Waals surface area contributed by atoms with Crippen molar-refractivity contribution in [3.05, 3.63) is 0 Å². The molecule has 1 amide bonds. The molecule has 16 heavy (non-hydrogen) atoms. The van der Waals surface area contributed by atoms with Crippen LogP contribution < -0.4 is 5.32 Å². The van der Waals surface area contributed by atoms with Crippen LogP contribution in [-0.4, -0.2) is 34.7 Å². The average molecular weight is 231 g/mol. The van der Waals surface area contributed by atoms with E-state index in [1.54, 1.807) is 0 Å². The van der Waals surface area contributed by atoms with E-state index in [1.807, 2.05) is 13.8 Å². The van der Waals surface area contributed by atoms with Crippen molar-refractivity contribution in [1.82, 2.24) is 5.32 Å². The maximum Gasteiger partial charge on any atom is 0.309 e. The number of hydrogen-bond acceptors (Lipinski definition) is 3. The van der Waals surface area contributed by atoms with Gasteiger partial charge < -0.3 is 15.5 Å². The van der Waals surface area contributed by atoms with E-state index < -0.39 is 11.4 Å². The Morgan fingerprint density at radius 1 is 1.31 bits per heavy atom. The molecule has 5 nitrogen and oxygen atoms in total. The monoisotopic (exact) mass is 231 g/mol. The molecular weight excluding hydrogens is 210 g/mol. The fraction of sp³-hybridized carbons (Fsp3) is 0.818. The number of hydrogen-bond donors (Lipinski definition) is 3. The van der Waals surface area contributed by atoms with Gasteiger partial charge in [0.2, 0.25) is 5.91 Å². The maximum atomic E-state index is 11.6. The molecule has 0 aromatic rings. The first-order valence-corrected chi connectivity index (χ1v) is 5.34. The molecule has 0 aromatic carbocycles. The van der Waals surface area contributed by atoms with Crippen molar-refractivity contribution in [2.75, 3.05) is 6.61 Å². The first-order chi connectivity index (χ1) is 7.20. The zero-order chi connectivity index (χ0) is 12.9. The number of nitrogens with one attached hydrogen (secondary N) is 1. The predicted molar refractivity (Wildman–Crippen MR) is 59.9 cm³/mol. The van der Waals surface area contributed by atoms with Crippen molar-refractivity contribution in [2.24, 2.45) is 11.3 Å². The van der Waals surface area contributed by atoms with Crippen molar-refractivity contribution in [3.8, 4) is 0 Å². The third kappa shape index (κ3) is 4.61. The number of amides is 1. The van der Waals surface area contributed by atoms with E-state index >= 15 is 0 Å². The fourth-order valence-corrected chi connectivity index (χ4v) is 1.16. The maximum absolute atomic E-state index is 11.6. The van der Waals surface area contributed by atoms with Crippen molar-refractivity contribution >= 4 is 11.9 Å². The van der Waals surface area contributed by atoms with Crippen LogP contribution in [0.15, 0.2) is 0 Å². The molecule has 0 bridgehead atoms. The molecule has 0 saturated carbocycles. The van der Waals surface area contributed by atoms with Crippen LogP contribution in [0.4, 0.5) is 0 Å². The van der Waals surface area contributed by atoms with Gasteiger partial charge in [-0.2, -0.15) is 0 Å². The second-order valence-electron chi connectivity index (χ2n) is 4.97. The van der Waals surface area contributed by atoms with Gasteiger partial charge in [0.05, 0.1) is 18.1 Å². The Labute approximate surface area is 95.9 Å². The van der Waals surface area contributed by atoms with E-state index in [1.165, 1.54) is 13.8 Å². The van der Waals surface area contributed by atoms with Gasteiger partial charge in [-0.25, -0.2) is 0 Å². The molecule has 0 fully saturated rings. The second kappa shape index (κ2) is 5.84. The molecule has 1 atom stereocenters. The van der Waals surface area contributed by atoms with Crippen LogP contribution in [0.1, 0.15) is 34.1 Å². The molecule has 0 radical (unpaired) electrons. The Kier molecular flexibility index (Phi) is 5.44. The zero-order valence-electron chi connectivity index (χ0n) is 10.3. The fourth-order valence-electron chi connectivity index (χ4n) is 1.16. The topological polar surface area (TPSA) is 86.6 Å². The number of carbonyl (C=O) groups excluding carboxylic acids is 1.